The van der Waals surface area contributed by atoms with Crippen LogP contribution >= 0.6 is 11.6 Å². The number of halogens is 1. The molecule has 1 fully saturated rings. The van der Waals surface area contributed by atoms with Crippen LogP contribution in [0.25, 0.3) is 5.65 Å². The summed E-state index contributed by atoms with van der Waals surface area (Å²) in [6.07, 6.45) is 4.83. The lowest BCUT2D eigenvalue weighted by Crippen LogP contribution is -2.46. The number of benzene rings is 1. The lowest BCUT2D eigenvalue weighted by molar-refractivity contribution is 0.0162. The van der Waals surface area contributed by atoms with Crippen molar-refractivity contribution in [2.45, 2.75) is 64.0 Å². The average Bonchev–Trinajstić information content (AvgIpc) is 3.42. The molecule has 5 rings (SSSR count). The number of ether oxygens (including phenoxy) is 2. The summed E-state index contributed by atoms with van der Waals surface area (Å²) in [5, 5.41) is 8.55. The Balaban J connectivity index is 1.40. The van der Waals surface area contributed by atoms with Crippen molar-refractivity contribution in [3.8, 4) is 0 Å². The number of aromatic nitrogens is 3. The molecule has 1 saturated heterocycles. The highest BCUT2D eigenvalue weighted by molar-refractivity contribution is 6.33. The monoisotopic (exact) mass is 525 g/mol. The van der Waals surface area contributed by atoms with Gasteiger partial charge in [0.15, 0.2) is 5.65 Å². The van der Waals surface area contributed by atoms with Crippen molar-refractivity contribution in [3.05, 3.63) is 57.9 Å². The predicted octanol–water partition coefficient (Wildman–Crippen LogP) is 5.00. The van der Waals surface area contributed by atoms with Gasteiger partial charge in [0.1, 0.15) is 16.4 Å². The van der Waals surface area contributed by atoms with Crippen molar-refractivity contribution in [3.63, 3.8) is 0 Å². The number of fused-ring (bicyclic) bond motifs is 3. The topological polar surface area (TPSA) is 98.1 Å². The van der Waals surface area contributed by atoms with E-state index in [1.165, 1.54) is 7.11 Å². The molecular weight excluding hydrogens is 494 g/mol. The number of carbonyl (C=O) groups is 2. The summed E-state index contributed by atoms with van der Waals surface area (Å²) in [5.74, 6) is 0.526. The van der Waals surface area contributed by atoms with Crippen molar-refractivity contribution in [2.24, 2.45) is 0 Å². The third-order valence-corrected chi connectivity index (χ3v) is 7.53. The average molecular weight is 526 g/mol. The zero-order valence-corrected chi connectivity index (χ0v) is 22.4. The van der Waals surface area contributed by atoms with Crippen LogP contribution in [0.3, 0.4) is 0 Å². The maximum atomic E-state index is 12.6. The highest BCUT2D eigenvalue weighted by Gasteiger charge is 2.45. The fourth-order valence-electron chi connectivity index (χ4n) is 5.33. The number of esters is 1. The van der Waals surface area contributed by atoms with E-state index in [-0.39, 0.29) is 17.5 Å². The molecule has 1 N–H and O–H groups in total. The van der Waals surface area contributed by atoms with Gasteiger partial charge in [0.2, 0.25) is 0 Å². The van der Waals surface area contributed by atoms with E-state index in [0.29, 0.717) is 35.9 Å². The van der Waals surface area contributed by atoms with Crippen LogP contribution in [0.1, 0.15) is 67.2 Å². The van der Waals surface area contributed by atoms with E-state index in [1.807, 2.05) is 32.9 Å². The summed E-state index contributed by atoms with van der Waals surface area (Å²) in [7, 11) is 1.37. The smallest absolute Gasteiger partial charge is 0.410 e. The van der Waals surface area contributed by atoms with Crippen molar-refractivity contribution in [1.29, 1.82) is 0 Å². The summed E-state index contributed by atoms with van der Waals surface area (Å²) in [5.41, 5.74) is 3.72. The lowest BCUT2D eigenvalue weighted by Gasteiger charge is -2.39. The van der Waals surface area contributed by atoms with Crippen molar-refractivity contribution in [1.82, 2.24) is 19.5 Å². The van der Waals surface area contributed by atoms with Crippen molar-refractivity contribution in [2.75, 3.05) is 25.5 Å². The molecular formula is C27H32ClN5O4. The summed E-state index contributed by atoms with van der Waals surface area (Å²) in [4.78, 5) is 31.2. The minimum atomic E-state index is -0.516. The second kappa shape index (κ2) is 9.52. The number of anilines is 1. The molecule has 0 atom stereocenters. The Hall–Kier alpha value is -3.33. The number of nitrogens with one attached hydrogen (secondary N) is 1. The van der Waals surface area contributed by atoms with Gasteiger partial charge in [-0.3, -0.25) is 0 Å². The minimum absolute atomic E-state index is 0.109. The number of methoxy groups -OCH3 is 1. The molecule has 1 amide bonds. The van der Waals surface area contributed by atoms with E-state index in [9.17, 15) is 9.59 Å². The number of amides is 1. The lowest BCUT2D eigenvalue weighted by atomic mass is 9.76. The normalized spacial score (nSPS) is 16.6. The number of rotatable bonds is 4. The first kappa shape index (κ1) is 25.3. The molecule has 2 aromatic heterocycles. The molecule has 0 saturated carbocycles. The Morgan fingerprint density at radius 1 is 1.14 bits per heavy atom. The Kier molecular flexibility index (Phi) is 6.52. The molecule has 37 heavy (non-hydrogen) atoms. The molecule has 3 aromatic rings. The Labute approximate surface area is 221 Å². The number of piperidine rings is 1. The Bertz CT molecular complexity index is 1340. The third-order valence-electron chi connectivity index (χ3n) is 7.27. The van der Waals surface area contributed by atoms with Crippen LogP contribution in [-0.4, -0.2) is 57.4 Å². The summed E-state index contributed by atoms with van der Waals surface area (Å²) >= 11 is 6.49. The second-order valence-electron chi connectivity index (χ2n) is 10.8. The van der Waals surface area contributed by atoms with Crippen molar-refractivity contribution < 1.29 is 19.1 Å². The maximum absolute atomic E-state index is 12.6. The Morgan fingerprint density at radius 2 is 1.84 bits per heavy atom. The van der Waals surface area contributed by atoms with Gasteiger partial charge in [0.25, 0.3) is 0 Å². The molecule has 1 aliphatic carbocycles. The predicted molar refractivity (Wildman–Crippen MR) is 140 cm³/mol. The van der Waals surface area contributed by atoms with Gasteiger partial charge in [-0.15, -0.1) is 0 Å². The van der Waals surface area contributed by atoms with Gasteiger partial charge >= 0.3 is 12.1 Å². The molecule has 9 nitrogen and oxygen atoms in total. The van der Waals surface area contributed by atoms with Crippen LogP contribution in [0.2, 0.25) is 5.02 Å². The molecule has 1 aromatic carbocycles. The number of nitrogens with zero attached hydrogens (tertiary/aromatic N) is 4. The van der Waals surface area contributed by atoms with E-state index in [4.69, 9.17) is 26.1 Å². The van der Waals surface area contributed by atoms with Gasteiger partial charge in [-0.25, -0.2) is 14.6 Å². The standard InChI is InChI=1S/C27H32ClN5O4/c1-26(2,3)37-25(35)32-13-11-27(12-14-32)10-9-19-21(27)31-23-20(28)16-30-33(23)22(19)29-15-17-5-7-18(8-6-17)24(34)36-4/h5-8,16,29H,9-15H2,1-4H3. The summed E-state index contributed by atoms with van der Waals surface area (Å²) in [6.45, 7) is 7.46. The molecule has 0 bridgehead atoms. The fourth-order valence-corrected chi connectivity index (χ4v) is 5.50. The summed E-state index contributed by atoms with van der Waals surface area (Å²) < 4.78 is 12.2. The molecule has 196 valence electrons. The first-order chi connectivity index (χ1) is 17.6. The van der Waals surface area contributed by atoms with Crippen LogP contribution in [0.15, 0.2) is 30.5 Å². The molecule has 2 aliphatic rings. The molecule has 0 unspecified atom stereocenters. The minimum Gasteiger partial charge on any atom is -0.465 e. The first-order valence-electron chi connectivity index (χ1n) is 12.6. The first-order valence-corrected chi connectivity index (χ1v) is 12.9. The molecule has 3 heterocycles. The zero-order chi connectivity index (χ0) is 26.4. The third kappa shape index (κ3) is 4.84. The number of likely N-dealkylation sites (tertiary alicyclic amines) is 1. The molecule has 1 aliphatic heterocycles. The number of hydrogen-bond donors (Lipinski definition) is 1. The summed E-state index contributed by atoms with van der Waals surface area (Å²) in [6, 6.07) is 7.32. The van der Waals surface area contributed by atoms with E-state index in [1.54, 1.807) is 27.7 Å². The highest BCUT2D eigenvalue weighted by atomic mass is 35.5. The van der Waals surface area contributed by atoms with Gasteiger partial charge in [-0.2, -0.15) is 9.61 Å². The van der Waals surface area contributed by atoms with Crippen LogP contribution in [-0.2, 0) is 27.9 Å². The van der Waals surface area contributed by atoms with Gasteiger partial charge in [-0.1, -0.05) is 23.7 Å². The fraction of sp³-hybridized carbons (Fsp3) is 0.481. The largest absolute Gasteiger partial charge is 0.465 e. The van der Waals surface area contributed by atoms with E-state index >= 15 is 0 Å². The number of hydrogen-bond acceptors (Lipinski definition) is 7. The molecule has 1 spiro atoms. The van der Waals surface area contributed by atoms with E-state index in [2.05, 4.69) is 10.4 Å². The van der Waals surface area contributed by atoms with Gasteiger partial charge in [0, 0.05) is 30.6 Å². The van der Waals surface area contributed by atoms with E-state index in [0.717, 1.165) is 48.3 Å². The van der Waals surface area contributed by atoms with Crippen LogP contribution < -0.4 is 5.32 Å². The van der Waals surface area contributed by atoms with Gasteiger partial charge in [-0.05, 0) is 64.2 Å². The van der Waals surface area contributed by atoms with E-state index < -0.39 is 5.60 Å². The van der Waals surface area contributed by atoms with Crippen LogP contribution in [0, 0.1) is 0 Å². The van der Waals surface area contributed by atoms with Crippen LogP contribution in [0.5, 0.6) is 0 Å². The number of carbonyl (C=O) groups excluding carboxylic acids is 2. The van der Waals surface area contributed by atoms with Gasteiger partial charge in [0.05, 0.1) is 24.6 Å². The quantitative estimate of drug-likeness (QED) is 0.479. The SMILES string of the molecule is COC(=O)c1ccc(CNc2c3c(nc4c(Cl)cnn24)C2(CC3)CCN(C(=O)OC(C)(C)C)CC2)cc1. The zero-order valence-electron chi connectivity index (χ0n) is 21.6. The molecule has 0 radical (unpaired) electrons. The highest BCUT2D eigenvalue weighted by Crippen LogP contribution is 2.48. The molecule has 10 heteroatoms. The van der Waals surface area contributed by atoms with Crippen molar-refractivity contribution >= 4 is 35.1 Å². The second-order valence-corrected chi connectivity index (χ2v) is 11.2. The Morgan fingerprint density at radius 3 is 2.49 bits per heavy atom. The van der Waals surface area contributed by atoms with Crippen LogP contribution in [0.4, 0.5) is 10.6 Å². The van der Waals surface area contributed by atoms with Gasteiger partial charge < -0.3 is 19.7 Å². The maximum Gasteiger partial charge on any atom is 0.410 e.